The number of ether oxygens (including phenoxy) is 1. The van der Waals surface area contributed by atoms with Crippen LogP contribution in [-0.2, 0) is 10.8 Å². The van der Waals surface area contributed by atoms with E-state index in [-0.39, 0.29) is 11.7 Å². The van der Waals surface area contributed by atoms with Crippen LogP contribution in [0, 0.1) is 5.82 Å². The molecule has 0 fully saturated rings. The fraction of sp³-hybridized carbons (Fsp3) is 0.250. The van der Waals surface area contributed by atoms with Gasteiger partial charge in [-0.05, 0) is 36.2 Å². The quantitative estimate of drug-likeness (QED) is 0.865. The highest BCUT2D eigenvalue weighted by atomic mass is 32.2. The Balaban J connectivity index is 1.81. The van der Waals surface area contributed by atoms with Crippen molar-refractivity contribution in [2.45, 2.75) is 17.2 Å². The Bertz CT molecular complexity index is 642. The van der Waals surface area contributed by atoms with Gasteiger partial charge < -0.3 is 4.74 Å². The fourth-order valence-electron chi connectivity index (χ4n) is 2.48. The van der Waals surface area contributed by atoms with Gasteiger partial charge in [0, 0.05) is 16.6 Å². The predicted octanol–water partition coefficient (Wildman–Crippen LogP) is 3.50. The van der Waals surface area contributed by atoms with Crippen molar-refractivity contribution in [3.05, 3.63) is 59.9 Å². The number of benzene rings is 2. The summed E-state index contributed by atoms with van der Waals surface area (Å²) in [5.74, 6) is 1.23. The minimum atomic E-state index is -1.19. The summed E-state index contributed by atoms with van der Waals surface area (Å²) < 4.78 is 31.2. The highest BCUT2D eigenvalue weighted by Crippen LogP contribution is 2.34. The van der Waals surface area contributed by atoms with Gasteiger partial charge in [0.25, 0.3) is 0 Å². The molecular formula is C16H15FO2S. The maximum Gasteiger partial charge on any atom is 0.124 e. The third kappa shape index (κ3) is 2.75. The molecule has 0 radical (unpaired) electrons. The summed E-state index contributed by atoms with van der Waals surface area (Å²) in [6.07, 6.45) is 0.845. The van der Waals surface area contributed by atoms with Gasteiger partial charge in [0.15, 0.2) is 0 Å². The van der Waals surface area contributed by atoms with Crippen molar-refractivity contribution in [3.63, 3.8) is 0 Å². The molecule has 0 bridgehead atoms. The molecule has 20 heavy (non-hydrogen) atoms. The molecule has 104 valence electrons. The van der Waals surface area contributed by atoms with E-state index in [4.69, 9.17) is 4.74 Å². The molecule has 2 unspecified atom stereocenters. The molecule has 0 amide bonds. The van der Waals surface area contributed by atoms with Crippen molar-refractivity contribution < 1.29 is 13.3 Å². The Kier molecular flexibility index (Phi) is 3.83. The van der Waals surface area contributed by atoms with Crippen LogP contribution in [0.25, 0.3) is 0 Å². The van der Waals surface area contributed by atoms with Gasteiger partial charge in [0.05, 0.1) is 17.4 Å². The van der Waals surface area contributed by atoms with E-state index in [2.05, 4.69) is 0 Å². The zero-order valence-corrected chi connectivity index (χ0v) is 11.7. The minimum Gasteiger partial charge on any atom is -0.493 e. The Hall–Kier alpha value is -1.68. The van der Waals surface area contributed by atoms with Gasteiger partial charge in [-0.25, -0.2) is 4.39 Å². The van der Waals surface area contributed by atoms with E-state index in [1.165, 1.54) is 12.1 Å². The molecule has 0 aliphatic carbocycles. The number of para-hydroxylation sites is 1. The van der Waals surface area contributed by atoms with E-state index in [1.54, 1.807) is 12.1 Å². The second-order valence-electron chi connectivity index (χ2n) is 4.84. The number of rotatable bonds is 3. The maximum absolute atomic E-state index is 13.2. The van der Waals surface area contributed by atoms with E-state index in [9.17, 15) is 8.60 Å². The lowest BCUT2D eigenvalue weighted by Crippen LogP contribution is -2.19. The van der Waals surface area contributed by atoms with Gasteiger partial charge in [-0.15, -0.1) is 0 Å². The monoisotopic (exact) mass is 290 g/mol. The molecule has 2 aromatic carbocycles. The second-order valence-corrected chi connectivity index (χ2v) is 6.34. The molecule has 1 aliphatic rings. The first-order valence-corrected chi connectivity index (χ1v) is 7.91. The van der Waals surface area contributed by atoms with Crippen LogP contribution in [-0.4, -0.2) is 16.6 Å². The molecule has 2 atom stereocenters. The molecule has 0 N–H and O–H groups in total. The number of fused-ring (bicyclic) bond motifs is 1. The zero-order chi connectivity index (χ0) is 13.9. The summed E-state index contributed by atoms with van der Waals surface area (Å²) in [4.78, 5) is 0.550. The van der Waals surface area contributed by atoms with Crippen LogP contribution >= 0.6 is 0 Å². The minimum absolute atomic E-state index is 0.198. The van der Waals surface area contributed by atoms with Crippen molar-refractivity contribution in [2.75, 3.05) is 12.4 Å². The van der Waals surface area contributed by atoms with Crippen molar-refractivity contribution in [1.82, 2.24) is 0 Å². The smallest absolute Gasteiger partial charge is 0.124 e. The highest BCUT2D eigenvalue weighted by Gasteiger charge is 2.23. The molecule has 1 aliphatic heterocycles. The first-order chi connectivity index (χ1) is 9.74. The van der Waals surface area contributed by atoms with Crippen molar-refractivity contribution in [3.8, 4) is 5.75 Å². The Morgan fingerprint density at radius 2 is 2.05 bits per heavy atom. The normalized spacial score (nSPS) is 18.9. The number of hydrogen-bond acceptors (Lipinski definition) is 2. The van der Waals surface area contributed by atoms with Crippen LogP contribution < -0.4 is 4.74 Å². The van der Waals surface area contributed by atoms with Crippen molar-refractivity contribution >= 4 is 10.8 Å². The van der Waals surface area contributed by atoms with Crippen LogP contribution in [0.5, 0.6) is 5.75 Å². The molecule has 0 aromatic heterocycles. The molecular weight excluding hydrogens is 275 g/mol. The van der Waals surface area contributed by atoms with Crippen LogP contribution in [0.4, 0.5) is 4.39 Å². The average Bonchev–Trinajstić information content (AvgIpc) is 2.47. The van der Waals surface area contributed by atoms with Crippen LogP contribution in [0.3, 0.4) is 0 Å². The molecule has 2 aromatic rings. The Morgan fingerprint density at radius 3 is 2.90 bits per heavy atom. The van der Waals surface area contributed by atoms with Gasteiger partial charge in [-0.1, -0.05) is 24.3 Å². The SMILES string of the molecule is O=S(CC1CCOc2ccccc21)c1cccc(F)c1. The summed E-state index contributed by atoms with van der Waals surface area (Å²) in [6.45, 7) is 0.641. The lowest BCUT2D eigenvalue weighted by atomic mass is 9.95. The Labute approximate surface area is 120 Å². The highest BCUT2D eigenvalue weighted by molar-refractivity contribution is 7.85. The summed E-state index contributed by atoms with van der Waals surface area (Å²) >= 11 is 0. The standard InChI is InChI=1S/C16H15FO2S/c17-13-4-3-5-14(10-13)20(18)11-12-8-9-19-16-7-2-1-6-15(12)16/h1-7,10,12H,8-9,11H2. The van der Waals surface area contributed by atoms with E-state index in [0.717, 1.165) is 17.7 Å². The lowest BCUT2D eigenvalue weighted by molar-refractivity contribution is 0.273. The summed E-state index contributed by atoms with van der Waals surface area (Å²) in [7, 11) is -1.19. The van der Waals surface area contributed by atoms with Crippen LogP contribution in [0.1, 0.15) is 17.9 Å². The summed E-state index contributed by atoms with van der Waals surface area (Å²) in [6, 6.07) is 13.9. The van der Waals surface area contributed by atoms with Crippen LogP contribution in [0.2, 0.25) is 0 Å². The zero-order valence-electron chi connectivity index (χ0n) is 10.9. The van der Waals surface area contributed by atoms with Gasteiger partial charge >= 0.3 is 0 Å². The molecule has 0 spiro atoms. The van der Waals surface area contributed by atoms with Crippen LogP contribution in [0.15, 0.2) is 53.4 Å². The van der Waals surface area contributed by atoms with E-state index >= 15 is 0 Å². The molecule has 0 saturated heterocycles. The third-order valence-electron chi connectivity index (χ3n) is 3.49. The predicted molar refractivity (Wildman–Crippen MR) is 77.0 cm³/mol. The fourth-order valence-corrected chi connectivity index (χ4v) is 3.86. The average molecular weight is 290 g/mol. The topological polar surface area (TPSA) is 26.3 Å². The first kappa shape index (κ1) is 13.3. The Morgan fingerprint density at radius 1 is 1.20 bits per heavy atom. The number of hydrogen-bond donors (Lipinski definition) is 0. The number of halogens is 1. The van der Waals surface area contributed by atoms with E-state index < -0.39 is 10.8 Å². The molecule has 1 heterocycles. The van der Waals surface area contributed by atoms with E-state index in [0.29, 0.717) is 17.3 Å². The van der Waals surface area contributed by atoms with Gasteiger partial charge in [-0.3, -0.25) is 4.21 Å². The summed E-state index contributed by atoms with van der Waals surface area (Å²) in [5, 5.41) is 0. The lowest BCUT2D eigenvalue weighted by Gasteiger charge is -2.25. The van der Waals surface area contributed by atoms with Gasteiger partial charge in [0.2, 0.25) is 0 Å². The molecule has 0 saturated carbocycles. The van der Waals surface area contributed by atoms with Gasteiger partial charge in [0.1, 0.15) is 11.6 Å². The maximum atomic E-state index is 13.2. The van der Waals surface area contributed by atoms with Crippen molar-refractivity contribution in [2.24, 2.45) is 0 Å². The molecule has 4 heteroatoms. The van der Waals surface area contributed by atoms with Gasteiger partial charge in [-0.2, -0.15) is 0 Å². The second kappa shape index (κ2) is 5.75. The largest absolute Gasteiger partial charge is 0.493 e. The summed E-state index contributed by atoms with van der Waals surface area (Å²) in [5.41, 5.74) is 1.10. The van der Waals surface area contributed by atoms with E-state index in [1.807, 2.05) is 24.3 Å². The van der Waals surface area contributed by atoms with Crippen molar-refractivity contribution in [1.29, 1.82) is 0 Å². The molecule has 3 rings (SSSR count). The third-order valence-corrected chi connectivity index (χ3v) is 4.98. The first-order valence-electron chi connectivity index (χ1n) is 6.60. The molecule has 2 nitrogen and oxygen atoms in total.